The number of hydrogen-bond donors (Lipinski definition) is 1. The van der Waals surface area contributed by atoms with Gasteiger partial charge in [-0.1, -0.05) is 12.1 Å². The Morgan fingerprint density at radius 3 is 2.45 bits per heavy atom. The molecule has 0 saturated carbocycles. The third kappa shape index (κ3) is 2.36. The van der Waals surface area contributed by atoms with Crippen LogP contribution in [0.2, 0.25) is 0 Å². The molecule has 0 unspecified atom stereocenters. The van der Waals surface area contributed by atoms with Gasteiger partial charge in [-0.2, -0.15) is 0 Å². The van der Waals surface area contributed by atoms with Crippen molar-refractivity contribution in [2.24, 2.45) is 0 Å². The van der Waals surface area contributed by atoms with Crippen LogP contribution in [0.15, 0.2) is 54.9 Å². The van der Waals surface area contributed by atoms with Crippen molar-refractivity contribution in [2.75, 3.05) is 0 Å². The third-order valence-electron chi connectivity index (χ3n) is 2.98. The van der Waals surface area contributed by atoms with Crippen LogP contribution in [0.4, 0.5) is 0 Å². The maximum Gasteiger partial charge on any atom is 0.163 e. The summed E-state index contributed by atoms with van der Waals surface area (Å²) in [4.78, 5) is 12.9. The molecule has 3 rings (SSSR count). The normalized spacial score (nSPS) is 10.4. The van der Waals surface area contributed by atoms with Gasteiger partial charge >= 0.3 is 0 Å². The first-order valence-electron chi connectivity index (χ1n) is 6.28. The topological polar surface area (TPSA) is 58.9 Å². The molecule has 0 aliphatic carbocycles. The summed E-state index contributed by atoms with van der Waals surface area (Å²) in [6, 6.07) is 12.8. The molecule has 0 atom stereocenters. The maximum atomic E-state index is 9.93. The zero-order valence-corrected chi connectivity index (χ0v) is 11.0. The molecule has 0 saturated heterocycles. The highest BCUT2D eigenvalue weighted by atomic mass is 16.3. The smallest absolute Gasteiger partial charge is 0.163 e. The van der Waals surface area contributed by atoms with Crippen LogP contribution in [0.25, 0.3) is 22.6 Å². The maximum absolute atomic E-state index is 9.93. The standard InChI is InChI=1S/C16H13N3O/c1-11-10-14(12-6-8-17-9-7-12)19-16(18-11)13-4-2-3-5-15(13)20/h2-10,20H,1H3. The molecule has 0 radical (unpaired) electrons. The van der Waals surface area contributed by atoms with Crippen LogP contribution in [-0.2, 0) is 0 Å². The summed E-state index contributed by atoms with van der Waals surface area (Å²) < 4.78 is 0. The molecule has 0 amide bonds. The Bertz CT molecular complexity index is 742. The molecule has 0 aliphatic heterocycles. The van der Waals surface area contributed by atoms with Gasteiger partial charge in [0, 0.05) is 23.7 Å². The zero-order valence-electron chi connectivity index (χ0n) is 11.0. The van der Waals surface area contributed by atoms with E-state index in [9.17, 15) is 5.11 Å². The van der Waals surface area contributed by atoms with Crippen LogP contribution < -0.4 is 0 Å². The lowest BCUT2D eigenvalue weighted by Gasteiger charge is -2.07. The molecule has 0 fully saturated rings. The van der Waals surface area contributed by atoms with Crippen LogP contribution in [-0.4, -0.2) is 20.1 Å². The number of phenols is 1. The number of hydrogen-bond acceptors (Lipinski definition) is 4. The molecule has 0 aliphatic rings. The minimum atomic E-state index is 0.179. The molecule has 0 spiro atoms. The van der Waals surface area contributed by atoms with Gasteiger partial charge in [0.05, 0.1) is 11.3 Å². The molecule has 1 aromatic carbocycles. The average molecular weight is 263 g/mol. The number of rotatable bonds is 2. The van der Waals surface area contributed by atoms with Crippen molar-refractivity contribution >= 4 is 0 Å². The van der Waals surface area contributed by atoms with E-state index in [0.29, 0.717) is 11.4 Å². The fourth-order valence-electron chi connectivity index (χ4n) is 2.02. The molecule has 1 N–H and O–H groups in total. The van der Waals surface area contributed by atoms with E-state index in [0.717, 1.165) is 17.0 Å². The van der Waals surface area contributed by atoms with E-state index in [1.165, 1.54) is 0 Å². The van der Waals surface area contributed by atoms with Crippen molar-refractivity contribution in [1.82, 2.24) is 15.0 Å². The second-order valence-electron chi connectivity index (χ2n) is 4.47. The van der Waals surface area contributed by atoms with E-state index in [1.54, 1.807) is 30.6 Å². The predicted octanol–water partition coefficient (Wildman–Crippen LogP) is 3.22. The predicted molar refractivity (Wildman–Crippen MR) is 77.1 cm³/mol. The minimum Gasteiger partial charge on any atom is -0.507 e. The van der Waals surface area contributed by atoms with E-state index in [2.05, 4.69) is 15.0 Å². The molecule has 0 bridgehead atoms. The van der Waals surface area contributed by atoms with Gasteiger partial charge in [0.15, 0.2) is 5.82 Å². The van der Waals surface area contributed by atoms with E-state index in [1.807, 2.05) is 31.2 Å². The van der Waals surface area contributed by atoms with Crippen molar-refractivity contribution < 1.29 is 5.11 Å². The summed E-state index contributed by atoms with van der Waals surface area (Å²) in [5, 5.41) is 9.93. The number of pyridine rings is 1. The summed E-state index contributed by atoms with van der Waals surface area (Å²) in [5.41, 5.74) is 3.27. The number of aryl methyl sites for hydroxylation is 1. The molecular weight excluding hydrogens is 250 g/mol. The van der Waals surface area contributed by atoms with Gasteiger partial charge in [-0.3, -0.25) is 4.98 Å². The Kier molecular flexibility index (Phi) is 3.13. The highest BCUT2D eigenvalue weighted by molar-refractivity contribution is 5.67. The van der Waals surface area contributed by atoms with E-state index in [-0.39, 0.29) is 5.75 Å². The number of nitrogens with zero attached hydrogens (tertiary/aromatic N) is 3. The summed E-state index contributed by atoms with van der Waals surface area (Å²) >= 11 is 0. The zero-order chi connectivity index (χ0) is 13.9. The van der Waals surface area contributed by atoms with Crippen LogP contribution in [0.3, 0.4) is 0 Å². The van der Waals surface area contributed by atoms with Gasteiger partial charge < -0.3 is 5.11 Å². The van der Waals surface area contributed by atoms with E-state index >= 15 is 0 Å². The summed E-state index contributed by atoms with van der Waals surface area (Å²) in [5.74, 6) is 0.702. The summed E-state index contributed by atoms with van der Waals surface area (Å²) in [6.45, 7) is 1.91. The Balaban J connectivity index is 2.15. The van der Waals surface area contributed by atoms with Crippen molar-refractivity contribution in [2.45, 2.75) is 6.92 Å². The van der Waals surface area contributed by atoms with Gasteiger partial charge in [0.25, 0.3) is 0 Å². The number of aromatic nitrogens is 3. The Morgan fingerprint density at radius 1 is 0.950 bits per heavy atom. The molecule has 4 heteroatoms. The first kappa shape index (κ1) is 12.3. The van der Waals surface area contributed by atoms with Gasteiger partial charge in [0.1, 0.15) is 5.75 Å². The number of aromatic hydroxyl groups is 1. The van der Waals surface area contributed by atoms with Crippen LogP contribution in [0.5, 0.6) is 5.75 Å². The fourth-order valence-corrected chi connectivity index (χ4v) is 2.02. The second-order valence-corrected chi connectivity index (χ2v) is 4.47. The quantitative estimate of drug-likeness (QED) is 0.771. The lowest BCUT2D eigenvalue weighted by molar-refractivity contribution is 0.477. The molecule has 98 valence electrons. The van der Waals surface area contributed by atoms with Crippen molar-refractivity contribution in [3.8, 4) is 28.4 Å². The Hall–Kier alpha value is -2.75. The van der Waals surface area contributed by atoms with Gasteiger partial charge in [0.2, 0.25) is 0 Å². The lowest BCUT2D eigenvalue weighted by Crippen LogP contribution is -1.95. The minimum absolute atomic E-state index is 0.179. The van der Waals surface area contributed by atoms with Gasteiger partial charge in [-0.25, -0.2) is 9.97 Å². The Labute approximate surface area is 116 Å². The monoisotopic (exact) mass is 263 g/mol. The molecule has 2 aromatic heterocycles. The molecule has 2 heterocycles. The largest absolute Gasteiger partial charge is 0.507 e. The molecule has 3 aromatic rings. The third-order valence-corrected chi connectivity index (χ3v) is 2.98. The average Bonchev–Trinajstić information content (AvgIpc) is 2.48. The lowest BCUT2D eigenvalue weighted by atomic mass is 10.1. The van der Waals surface area contributed by atoms with Crippen molar-refractivity contribution in [3.05, 3.63) is 60.6 Å². The van der Waals surface area contributed by atoms with E-state index in [4.69, 9.17) is 0 Å². The Morgan fingerprint density at radius 2 is 1.70 bits per heavy atom. The first-order chi connectivity index (χ1) is 9.74. The summed E-state index contributed by atoms with van der Waals surface area (Å²) in [6.07, 6.45) is 3.46. The van der Waals surface area contributed by atoms with Crippen LogP contribution in [0.1, 0.15) is 5.69 Å². The number of phenolic OH excluding ortho intramolecular Hbond substituents is 1. The number of benzene rings is 1. The highest BCUT2D eigenvalue weighted by Crippen LogP contribution is 2.27. The van der Waals surface area contributed by atoms with Crippen molar-refractivity contribution in [3.63, 3.8) is 0 Å². The highest BCUT2D eigenvalue weighted by Gasteiger charge is 2.09. The molecule has 4 nitrogen and oxygen atoms in total. The van der Waals surface area contributed by atoms with Gasteiger partial charge in [-0.05, 0) is 37.3 Å². The van der Waals surface area contributed by atoms with Crippen molar-refractivity contribution in [1.29, 1.82) is 0 Å². The fraction of sp³-hybridized carbons (Fsp3) is 0.0625. The SMILES string of the molecule is Cc1cc(-c2ccncc2)nc(-c2ccccc2O)n1. The van der Waals surface area contributed by atoms with Crippen LogP contribution in [0, 0.1) is 6.92 Å². The molecule has 20 heavy (non-hydrogen) atoms. The van der Waals surface area contributed by atoms with Crippen LogP contribution >= 0.6 is 0 Å². The number of para-hydroxylation sites is 1. The first-order valence-corrected chi connectivity index (χ1v) is 6.28. The summed E-state index contributed by atoms with van der Waals surface area (Å²) in [7, 11) is 0. The molecular formula is C16H13N3O. The second kappa shape index (κ2) is 5.09. The van der Waals surface area contributed by atoms with E-state index < -0.39 is 0 Å². The van der Waals surface area contributed by atoms with Gasteiger partial charge in [-0.15, -0.1) is 0 Å².